The third-order valence-corrected chi connectivity index (χ3v) is 7.05. The Morgan fingerprint density at radius 2 is 1.61 bits per heavy atom. The van der Waals surface area contributed by atoms with Crippen molar-refractivity contribution >= 4 is 17.8 Å². The fourth-order valence-corrected chi connectivity index (χ4v) is 4.94. The van der Waals surface area contributed by atoms with Gasteiger partial charge in [-0.1, -0.05) is 63.5 Å². The van der Waals surface area contributed by atoms with Gasteiger partial charge in [0.1, 0.15) is 18.8 Å². The van der Waals surface area contributed by atoms with Crippen LogP contribution in [0.5, 0.6) is 0 Å². The second-order valence-electron chi connectivity index (χ2n) is 10.7. The Balaban J connectivity index is 1.47. The van der Waals surface area contributed by atoms with E-state index in [1.54, 1.807) is 19.1 Å². The minimum Gasteiger partial charge on any atom is -0.461 e. The predicted octanol–water partition coefficient (Wildman–Crippen LogP) is 5.83. The van der Waals surface area contributed by atoms with E-state index in [-0.39, 0.29) is 30.5 Å². The summed E-state index contributed by atoms with van der Waals surface area (Å²) in [6.07, 6.45) is 13.2. The van der Waals surface area contributed by atoms with Crippen molar-refractivity contribution in [1.82, 2.24) is 5.32 Å². The SMILES string of the molecule is CC(C)COC(C)OCC(=O)/C=C/c1ccc(CN[C@H](C(=O)OC2CCCC2)C2CCCCC2)cc1. The monoisotopic (exact) mass is 499 g/mol. The third-order valence-electron chi connectivity index (χ3n) is 7.05. The summed E-state index contributed by atoms with van der Waals surface area (Å²) in [7, 11) is 0. The first kappa shape index (κ1) is 28.5. The van der Waals surface area contributed by atoms with E-state index in [0.717, 1.165) is 49.7 Å². The van der Waals surface area contributed by atoms with Gasteiger partial charge in [0.05, 0.1) is 6.61 Å². The van der Waals surface area contributed by atoms with Gasteiger partial charge in [-0.2, -0.15) is 0 Å². The highest BCUT2D eigenvalue weighted by molar-refractivity contribution is 5.94. The maximum Gasteiger partial charge on any atom is 0.323 e. The van der Waals surface area contributed by atoms with Crippen LogP contribution in [0.1, 0.15) is 89.7 Å². The van der Waals surface area contributed by atoms with Gasteiger partial charge in [0, 0.05) is 6.54 Å². The summed E-state index contributed by atoms with van der Waals surface area (Å²) in [5, 5.41) is 3.52. The second-order valence-corrected chi connectivity index (χ2v) is 10.7. The first-order valence-electron chi connectivity index (χ1n) is 13.9. The summed E-state index contributed by atoms with van der Waals surface area (Å²) in [5.41, 5.74) is 2.05. The third kappa shape index (κ3) is 10.2. The fraction of sp³-hybridized carbons (Fsp3) is 0.667. The molecule has 2 aliphatic rings. The molecule has 6 heteroatoms. The number of esters is 1. The van der Waals surface area contributed by atoms with Crippen LogP contribution in [0.2, 0.25) is 0 Å². The molecular formula is C30H45NO5. The second kappa shape index (κ2) is 15.3. The fourth-order valence-electron chi connectivity index (χ4n) is 4.94. The molecule has 36 heavy (non-hydrogen) atoms. The number of ether oxygens (including phenoxy) is 3. The van der Waals surface area contributed by atoms with Crippen molar-refractivity contribution < 1.29 is 23.8 Å². The molecule has 2 saturated carbocycles. The summed E-state index contributed by atoms with van der Waals surface area (Å²) < 4.78 is 16.9. The van der Waals surface area contributed by atoms with E-state index in [0.29, 0.717) is 25.0 Å². The average Bonchev–Trinajstić information content (AvgIpc) is 3.39. The molecule has 0 aliphatic heterocycles. The molecule has 0 radical (unpaired) electrons. The zero-order valence-electron chi connectivity index (χ0n) is 22.4. The predicted molar refractivity (Wildman–Crippen MR) is 142 cm³/mol. The van der Waals surface area contributed by atoms with Crippen LogP contribution >= 0.6 is 0 Å². The highest BCUT2D eigenvalue weighted by atomic mass is 16.7. The van der Waals surface area contributed by atoms with Gasteiger partial charge in [0.25, 0.3) is 0 Å². The molecule has 2 atom stereocenters. The first-order chi connectivity index (χ1) is 17.4. The van der Waals surface area contributed by atoms with E-state index in [1.165, 1.54) is 19.3 Å². The molecule has 3 rings (SSSR count). The summed E-state index contributed by atoms with van der Waals surface area (Å²) in [5.74, 6) is 0.602. The summed E-state index contributed by atoms with van der Waals surface area (Å²) >= 11 is 0. The number of hydrogen-bond acceptors (Lipinski definition) is 6. The number of benzene rings is 1. The Morgan fingerprint density at radius 1 is 0.944 bits per heavy atom. The number of ketones is 1. The van der Waals surface area contributed by atoms with Crippen LogP contribution < -0.4 is 5.32 Å². The van der Waals surface area contributed by atoms with Crippen LogP contribution in [0.3, 0.4) is 0 Å². The van der Waals surface area contributed by atoms with Gasteiger partial charge < -0.3 is 19.5 Å². The van der Waals surface area contributed by atoms with Crippen LogP contribution in [-0.4, -0.2) is 43.4 Å². The molecule has 2 aliphatic carbocycles. The van der Waals surface area contributed by atoms with Gasteiger partial charge in [0.15, 0.2) is 12.1 Å². The Hall–Kier alpha value is -2.02. The van der Waals surface area contributed by atoms with Crippen LogP contribution in [-0.2, 0) is 30.3 Å². The Labute approximate surface area is 217 Å². The highest BCUT2D eigenvalue weighted by Crippen LogP contribution is 2.29. The molecule has 6 nitrogen and oxygen atoms in total. The molecule has 1 aromatic carbocycles. The number of carbonyl (C=O) groups excluding carboxylic acids is 2. The average molecular weight is 500 g/mol. The van der Waals surface area contributed by atoms with Gasteiger partial charge in [-0.3, -0.25) is 9.59 Å². The quantitative estimate of drug-likeness (QED) is 0.197. The molecule has 1 aromatic rings. The van der Waals surface area contributed by atoms with Crippen molar-refractivity contribution in [2.24, 2.45) is 11.8 Å². The highest BCUT2D eigenvalue weighted by Gasteiger charge is 2.32. The van der Waals surface area contributed by atoms with Crippen molar-refractivity contribution in [3.63, 3.8) is 0 Å². The molecular weight excluding hydrogens is 454 g/mol. The van der Waals surface area contributed by atoms with Gasteiger partial charge in [-0.05, 0) is 74.5 Å². The number of nitrogens with one attached hydrogen (secondary N) is 1. The van der Waals surface area contributed by atoms with Crippen LogP contribution in [0.4, 0.5) is 0 Å². The molecule has 0 spiro atoms. The zero-order chi connectivity index (χ0) is 25.8. The maximum absolute atomic E-state index is 13.0. The first-order valence-corrected chi connectivity index (χ1v) is 13.9. The summed E-state index contributed by atoms with van der Waals surface area (Å²) in [6.45, 7) is 7.17. The van der Waals surface area contributed by atoms with Crippen LogP contribution in [0.15, 0.2) is 30.3 Å². The summed E-state index contributed by atoms with van der Waals surface area (Å²) in [6, 6.07) is 7.81. The molecule has 0 bridgehead atoms. The molecule has 0 aromatic heterocycles. The summed E-state index contributed by atoms with van der Waals surface area (Å²) in [4.78, 5) is 25.2. The smallest absolute Gasteiger partial charge is 0.323 e. The van der Waals surface area contributed by atoms with E-state index in [1.807, 2.05) is 24.3 Å². The molecule has 1 unspecified atom stereocenters. The van der Waals surface area contributed by atoms with Gasteiger partial charge >= 0.3 is 5.97 Å². The van der Waals surface area contributed by atoms with Crippen molar-refractivity contribution in [2.75, 3.05) is 13.2 Å². The topological polar surface area (TPSA) is 73.9 Å². The van der Waals surface area contributed by atoms with Crippen molar-refractivity contribution in [2.45, 2.75) is 104 Å². The Bertz CT molecular complexity index is 822. The van der Waals surface area contributed by atoms with E-state index in [4.69, 9.17) is 14.2 Å². The lowest BCUT2D eigenvalue weighted by Gasteiger charge is -2.30. The lowest BCUT2D eigenvalue weighted by Crippen LogP contribution is -2.45. The van der Waals surface area contributed by atoms with Crippen LogP contribution in [0.25, 0.3) is 6.08 Å². The minimum absolute atomic E-state index is 0.00270. The Kier molecular flexibility index (Phi) is 12.1. The molecule has 0 saturated heterocycles. The van der Waals surface area contributed by atoms with E-state index >= 15 is 0 Å². The molecule has 200 valence electrons. The molecule has 2 fully saturated rings. The van der Waals surface area contributed by atoms with Gasteiger partial charge in [-0.25, -0.2) is 0 Å². The maximum atomic E-state index is 13.0. The Morgan fingerprint density at radius 3 is 2.28 bits per heavy atom. The van der Waals surface area contributed by atoms with Gasteiger partial charge in [-0.15, -0.1) is 0 Å². The van der Waals surface area contributed by atoms with Crippen LogP contribution in [0, 0.1) is 11.8 Å². The normalized spacial score (nSPS) is 19.1. The van der Waals surface area contributed by atoms with E-state index < -0.39 is 6.29 Å². The van der Waals surface area contributed by atoms with E-state index in [9.17, 15) is 9.59 Å². The van der Waals surface area contributed by atoms with Gasteiger partial charge in [0.2, 0.25) is 0 Å². The number of carbonyl (C=O) groups is 2. The lowest BCUT2D eigenvalue weighted by atomic mass is 9.83. The standard InChI is InChI=1S/C30H45NO5/c1-22(2)20-34-23(3)35-21-27(32)18-17-24-13-15-25(16-14-24)19-31-29(26-9-5-4-6-10-26)30(33)36-28-11-7-8-12-28/h13-18,22-23,26,28-29,31H,4-12,19-21H2,1-3H3/b18-17+/t23?,29-/m0/s1. The van der Waals surface area contributed by atoms with Crippen molar-refractivity contribution in [3.8, 4) is 0 Å². The number of hydrogen-bond donors (Lipinski definition) is 1. The zero-order valence-corrected chi connectivity index (χ0v) is 22.4. The minimum atomic E-state index is -0.399. The molecule has 1 N–H and O–H groups in total. The number of rotatable bonds is 14. The van der Waals surface area contributed by atoms with Crippen molar-refractivity contribution in [3.05, 3.63) is 41.5 Å². The lowest BCUT2D eigenvalue weighted by molar-refractivity contribution is -0.153. The molecule has 0 heterocycles. The van der Waals surface area contributed by atoms with E-state index in [2.05, 4.69) is 19.2 Å². The largest absolute Gasteiger partial charge is 0.461 e. The molecule has 0 amide bonds. The van der Waals surface area contributed by atoms with Crippen molar-refractivity contribution in [1.29, 1.82) is 0 Å².